The molecule has 0 radical (unpaired) electrons. The molecule has 190 valence electrons. The first-order valence-corrected chi connectivity index (χ1v) is 12.4. The summed E-state index contributed by atoms with van der Waals surface area (Å²) in [5.41, 5.74) is 6.74. The zero-order chi connectivity index (χ0) is 26.8. The molecular formula is C30H28FN7. The molecule has 0 aromatic carbocycles. The van der Waals surface area contributed by atoms with Gasteiger partial charge in [0.25, 0.3) is 0 Å². The predicted molar refractivity (Wildman–Crippen MR) is 151 cm³/mol. The molecule has 38 heavy (non-hydrogen) atoms. The van der Waals surface area contributed by atoms with Crippen molar-refractivity contribution >= 4 is 28.1 Å². The molecule has 1 aliphatic rings. The van der Waals surface area contributed by atoms with Crippen LogP contribution in [0.5, 0.6) is 0 Å². The van der Waals surface area contributed by atoms with Gasteiger partial charge in [0, 0.05) is 52.7 Å². The van der Waals surface area contributed by atoms with Crippen molar-refractivity contribution in [2.75, 3.05) is 5.32 Å². The van der Waals surface area contributed by atoms with E-state index in [9.17, 15) is 0 Å². The average molecular weight is 506 g/mol. The van der Waals surface area contributed by atoms with E-state index >= 15 is 4.39 Å². The lowest BCUT2D eigenvalue weighted by Crippen LogP contribution is -2.20. The highest BCUT2D eigenvalue weighted by molar-refractivity contribution is 6.21. The number of H-pyrrole nitrogens is 1. The number of allylic oxidation sites excluding steroid dienone is 5. The first-order chi connectivity index (χ1) is 18.4. The number of aliphatic imine (C=N–C) groups is 1. The van der Waals surface area contributed by atoms with Gasteiger partial charge in [0.2, 0.25) is 0 Å². The Morgan fingerprint density at radius 3 is 2.71 bits per heavy atom. The number of anilines is 1. The van der Waals surface area contributed by atoms with E-state index < -0.39 is 5.83 Å². The van der Waals surface area contributed by atoms with Crippen molar-refractivity contribution in [2.45, 2.75) is 27.2 Å². The number of hydrogen-bond donors (Lipinski definition) is 2. The monoisotopic (exact) mass is 505 g/mol. The summed E-state index contributed by atoms with van der Waals surface area (Å²) in [6.07, 6.45) is 11.0. The second-order valence-corrected chi connectivity index (χ2v) is 9.47. The van der Waals surface area contributed by atoms with Crippen molar-refractivity contribution in [3.05, 3.63) is 109 Å². The fourth-order valence-corrected chi connectivity index (χ4v) is 4.38. The molecule has 0 aliphatic carbocycles. The van der Waals surface area contributed by atoms with E-state index in [0.717, 1.165) is 34.4 Å². The number of imidazole rings is 1. The second kappa shape index (κ2) is 10.3. The summed E-state index contributed by atoms with van der Waals surface area (Å²) in [5, 5.41) is 3.25. The molecule has 5 rings (SSSR count). The highest BCUT2D eigenvalue weighted by atomic mass is 19.1. The highest BCUT2D eigenvalue weighted by Crippen LogP contribution is 2.37. The standard InChI is InChI=1S/C30H28FN7/c1-6-24-25(26(31)19(5)21-13-22(16-33-15-21)35-18(4)12-17(2)3)28(36-24)30-37-27-23(9-11-34-29(27)38-30)20-8-7-10-32-14-20/h6-11,13-17,35H,4-5,12H2,1-3H3,(H,34,37,38)/b24-6+,26-25-. The van der Waals surface area contributed by atoms with Crippen LogP contribution < -0.4 is 5.32 Å². The normalized spacial score (nSPS) is 15.4. The van der Waals surface area contributed by atoms with Crippen molar-refractivity contribution in [1.82, 2.24) is 24.9 Å². The Balaban J connectivity index is 1.48. The van der Waals surface area contributed by atoms with Crippen molar-refractivity contribution in [2.24, 2.45) is 10.9 Å². The molecule has 7 nitrogen and oxygen atoms in total. The maximum atomic E-state index is 16.0. The Hall–Kier alpha value is -4.72. The molecule has 0 spiro atoms. The topological polar surface area (TPSA) is 91.7 Å². The maximum Gasteiger partial charge on any atom is 0.178 e. The first-order valence-electron chi connectivity index (χ1n) is 12.4. The Kier molecular flexibility index (Phi) is 6.79. The molecule has 0 saturated carbocycles. The SMILES string of the molecule is C=C(CC(C)C)Nc1cncc(C(=C)/C(F)=C2C(c3nc4nccc(-c5cccnc5)c4[nH]3)=NC/2=C/C)c1. The molecule has 0 unspecified atom stereocenters. The number of rotatable bonds is 8. The molecule has 0 atom stereocenters. The molecule has 0 bridgehead atoms. The Morgan fingerprint density at radius 2 is 1.97 bits per heavy atom. The van der Waals surface area contributed by atoms with Gasteiger partial charge < -0.3 is 10.3 Å². The van der Waals surface area contributed by atoms with Crippen LogP contribution in [0.15, 0.2) is 102 Å². The summed E-state index contributed by atoms with van der Waals surface area (Å²) in [4.78, 5) is 25.3. The Labute approximate surface area is 220 Å². The quantitative estimate of drug-likeness (QED) is 0.268. The number of fused-ring (bicyclic) bond motifs is 1. The van der Waals surface area contributed by atoms with Crippen LogP contribution in [0.2, 0.25) is 0 Å². The van der Waals surface area contributed by atoms with Gasteiger partial charge in [-0.2, -0.15) is 0 Å². The highest BCUT2D eigenvalue weighted by Gasteiger charge is 2.31. The van der Waals surface area contributed by atoms with Crippen molar-refractivity contribution in [1.29, 1.82) is 0 Å². The maximum absolute atomic E-state index is 16.0. The van der Waals surface area contributed by atoms with Crippen molar-refractivity contribution in [3.8, 4) is 11.1 Å². The van der Waals surface area contributed by atoms with Crippen LogP contribution in [-0.2, 0) is 0 Å². The van der Waals surface area contributed by atoms with Crippen molar-refractivity contribution < 1.29 is 4.39 Å². The summed E-state index contributed by atoms with van der Waals surface area (Å²) in [5.74, 6) is 0.419. The molecule has 2 N–H and O–H groups in total. The fraction of sp³-hybridized carbons (Fsp3) is 0.167. The summed E-state index contributed by atoms with van der Waals surface area (Å²) >= 11 is 0. The minimum atomic E-state index is -0.482. The van der Waals surface area contributed by atoms with Gasteiger partial charge in [0.05, 0.1) is 28.7 Å². The van der Waals surface area contributed by atoms with E-state index in [0.29, 0.717) is 39.9 Å². The van der Waals surface area contributed by atoms with Crippen LogP contribution in [0.3, 0.4) is 0 Å². The molecule has 4 aromatic rings. The first kappa shape index (κ1) is 25.0. The van der Waals surface area contributed by atoms with Crippen LogP contribution in [0.25, 0.3) is 27.9 Å². The van der Waals surface area contributed by atoms with Crippen LogP contribution in [0.4, 0.5) is 10.1 Å². The molecule has 0 amide bonds. The van der Waals surface area contributed by atoms with E-state index in [1.165, 1.54) is 0 Å². The third-order valence-electron chi connectivity index (χ3n) is 6.13. The third-order valence-corrected chi connectivity index (χ3v) is 6.13. The Morgan fingerprint density at radius 1 is 1.13 bits per heavy atom. The second-order valence-electron chi connectivity index (χ2n) is 9.47. The lowest BCUT2D eigenvalue weighted by Gasteiger charge is -2.21. The van der Waals surface area contributed by atoms with Gasteiger partial charge in [-0.1, -0.05) is 39.1 Å². The van der Waals surface area contributed by atoms with Gasteiger partial charge in [-0.3, -0.25) is 9.97 Å². The summed E-state index contributed by atoms with van der Waals surface area (Å²) in [6.45, 7) is 14.2. The lowest BCUT2D eigenvalue weighted by molar-refractivity contribution is 0.645. The van der Waals surface area contributed by atoms with E-state index in [-0.39, 0.29) is 5.57 Å². The summed E-state index contributed by atoms with van der Waals surface area (Å²) in [6, 6.07) is 7.54. The van der Waals surface area contributed by atoms with Crippen LogP contribution >= 0.6 is 0 Å². The van der Waals surface area contributed by atoms with Gasteiger partial charge in [0.1, 0.15) is 11.5 Å². The molecule has 0 saturated heterocycles. The van der Waals surface area contributed by atoms with Gasteiger partial charge >= 0.3 is 0 Å². The predicted octanol–water partition coefficient (Wildman–Crippen LogP) is 7.03. The molecule has 5 heterocycles. The number of halogens is 1. The van der Waals surface area contributed by atoms with Gasteiger partial charge in [-0.05, 0) is 37.5 Å². The molecule has 4 aromatic heterocycles. The van der Waals surface area contributed by atoms with E-state index in [2.05, 4.69) is 62.2 Å². The van der Waals surface area contributed by atoms with E-state index in [1.807, 2.05) is 31.2 Å². The molecule has 8 heteroatoms. The van der Waals surface area contributed by atoms with E-state index in [4.69, 9.17) is 0 Å². The summed E-state index contributed by atoms with van der Waals surface area (Å²) < 4.78 is 16.0. The zero-order valence-electron chi connectivity index (χ0n) is 21.6. The van der Waals surface area contributed by atoms with E-state index in [1.54, 1.807) is 37.1 Å². The van der Waals surface area contributed by atoms with Gasteiger partial charge in [0.15, 0.2) is 11.5 Å². The van der Waals surface area contributed by atoms with Crippen LogP contribution in [0.1, 0.15) is 38.6 Å². The number of aromatic amines is 1. The molecule has 0 fully saturated rings. The van der Waals surface area contributed by atoms with Crippen molar-refractivity contribution in [3.63, 3.8) is 0 Å². The molecular weight excluding hydrogens is 477 g/mol. The van der Waals surface area contributed by atoms with Gasteiger partial charge in [-0.15, -0.1) is 0 Å². The summed E-state index contributed by atoms with van der Waals surface area (Å²) in [7, 11) is 0. The third kappa shape index (κ3) is 4.80. The average Bonchev–Trinajstić information content (AvgIpc) is 3.31. The number of hydrogen-bond acceptors (Lipinski definition) is 6. The van der Waals surface area contributed by atoms with Gasteiger partial charge in [-0.25, -0.2) is 19.4 Å². The minimum Gasteiger partial charge on any atom is -0.358 e. The lowest BCUT2D eigenvalue weighted by atomic mass is 9.94. The fourth-order valence-electron chi connectivity index (χ4n) is 4.38. The van der Waals surface area contributed by atoms with Crippen LogP contribution in [0, 0.1) is 5.92 Å². The molecule has 1 aliphatic heterocycles. The smallest absolute Gasteiger partial charge is 0.178 e. The number of aromatic nitrogens is 5. The zero-order valence-corrected chi connectivity index (χ0v) is 21.6. The number of pyridine rings is 3. The largest absolute Gasteiger partial charge is 0.358 e. The number of nitrogens with zero attached hydrogens (tertiary/aromatic N) is 5. The number of nitrogens with one attached hydrogen (secondary N) is 2. The minimum absolute atomic E-state index is 0.211. The van der Waals surface area contributed by atoms with Crippen LogP contribution in [-0.4, -0.2) is 30.6 Å². The Bertz CT molecular complexity index is 1640.